The van der Waals surface area contributed by atoms with Crippen molar-refractivity contribution in [1.82, 2.24) is 4.98 Å². The quantitative estimate of drug-likeness (QED) is 0.660. The van der Waals surface area contributed by atoms with E-state index in [4.69, 9.17) is 10.7 Å². The summed E-state index contributed by atoms with van der Waals surface area (Å²) in [4.78, 5) is 4.78. The summed E-state index contributed by atoms with van der Waals surface area (Å²) in [5, 5.41) is 1.18. The fraction of sp³-hybridized carbons (Fsp3) is 0.167. The number of pyridine rings is 1. The van der Waals surface area contributed by atoms with Gasteiger partial charge in [-0.3, -0.25) is 0 Å². The number of nitrogens with two attached hydrogens (primary N) is 1. The van der Waals surface area contributed by atoms with E-state index in [0.717, 1.165) is 33.6 Å². The zero-order valence-electron chi connectivity index (χ0n) is 12.1. The van der Waals surface area contributed by atoms with Crippen molar-refractivity contribution in [3.05, 3.63) is 59.2 Å². The molecule has 0 unspecified atom stereocenters. The van der Waals surface area contributed by atoms with Crippen LogP contribution in [0, 0.1) is 20.8 Å². The normalized spacial score (nSPS) is 10.9. The molecule has 100 valence electrons. The smallest absolute Gasteiger partial charge is 0.0712 e. The summed E-state index contributed by atoms with van der Waals surface area (Å²) in [5.74, 6) is 0. The summed E-state index contributed by atoms with van der Waals surface area (Å²) in [5.41, 5.74) is 13.5. The Hall–Kier alpha value is -2.35. The third-order valence-electron chi connectivity index (χ3n) is 3.73. The molecule has 0 saturated heterocycles. The van der Waals surface area contributed by atoms with E-state index in [0.29, 0.717) is 0 Å². The molecule has 0 aliphatic carbocycles. The lowest BCUT2D eigenvalue weighted by Gasteiger charge is -2.10. The van der Waals surface area contributed by atoms with E-state index in [2.05, 4.69) is 50.2 Å². The van der Waals surface area contributed by atoms with Crippen molar-refractivity contribution in [1.29, 1.82) is 0 Å². The van der Waals surface area contributed by atoms with Gasteiger partial charge in [0.1, 0.15) is 0 Å². The van der Waals surface area contributed by atoms with Gasteiger partial charge in [0.15, 0.2) is 0 Å². The zero-order chi connectivity index (χ0) is 14.3. The number of nitrogen functional groups attached to an aromatic ring is 1. The molecular weight excluding hydrogens is 244 g/mol. The molecule has 0 saturated carbocycles. The van der Waals surface area contributed by atoms with Crippen LogP contribution >= 0.6 is 0 Å². The second-order valence-corrected chi connectivity index (χ2v) is 5.42. The Balaban J connectivity index is 2.20. The zero-order valence-corrected chi connectivity index (χ0v) is 12.1. The first kappa shape index (κ1) is 12.7. The minimum Gasteiger partial charge on any atom is -0.399 e. The average molecular weight is 262 g/mol. The van der Waals surface area contributed by atoms with Crippen LogP contribution in [0.5, 0.6) is 0 Å². The summed E-state index contributed by atoms with van der Waals surface area (Å²) >= 11 is 0. The first-order chi connectivity index (χ1) is 9.54. The number of benzene rings is 2. The molecule has 0 radical (unpaired) electrons. The van der Waals surface area contributed by atoms with Gasteiger partial charge in [-0.2, -0.15) is 0 Å². The molecule has 0 fully saturated rings. The molecule has 20 heavy (non-hydrogen) atoms. The standard InChI is InChI=1S/C18H18N2/c1-11-4-6-17-14(8-11)5-7-18(20-17)15-9-13(3)16(19)10-12(15)2/h4-10H,19H2,1-3H3. The van der Waals surface area contributed by atoms with Crippen molar-refractivity contribution in [2.45, 2.75) is 20.8 Å². The van der Waals surface area contributed by atoms with Gasteiger partial charge in [-0.15, -0.1) is 0 Å². The molecule has 2 nitrogen and oxygen atoms in total. The van der Waals surface area contributed by atoms with Gasteiger partial charge in [0.25, 0.3) is 0 Å². The monoisotopic (exact) mass is 262 g/mol. The number of fused-ring (bicyclic) bond motifs is 1. The molecule has 1 aromatic heterocycles. The molecule has 1 heterocycles. The van der Waals surface area contributed by atoms with Crippen molar-refractivity contribution in [3.8, 4) is 11.3 Å². The summed E-state index contributed by atoms with van der Waals surface area (Å²) in [6, 6.07) is 14.7. The lowest BCUT2D eigenvalue weighted by Crippen LogP contribution is -1.94. The maximum Gasteiger partial charge on any atom is 0.0712 e. The Labute approximate surface area is 119 Å². The summed E-state index contributed by atoms with van der Waals surface area (Å²) < 4.78 is 0. The average Bonchev–Trinajstić information content (AvgIpc) is 2.42. The number of hydrogen-bond donors (Lipinski definition) is 1. The van der Waals surface area contributed by atoms with Gasteiger partial charge >= 0.3 is 0 Å². The van der Waals surface area contributed by atoms with Crippen LogP contribution in [-0.4, -0.2) is 4.98 Å². The van der Waals surface area contributed by atoms with Crippen LogP contribution in [0.25, 0.3) is 22.2 Å². The van der Waals surface area contributed by atoms with Crippen molar-refractivity contribution >= 4 is 16.6 Å². The summed E-state index contributed by atoms with van der Waals surface area (Å²) in [6.07, 6.45) is 0. The predicted octanol–water partition coefficient (Wildman–Crippen LogP) is 4.41. The van der Waals surface area contributed by atoms with E-state index in [-0.39, 0.29) is 0 Å². The van der Waals surface area contributed by atoms with E-state index in [1.165, 1.54) is 10.9 Å². The maximum atomic E-state index is 5.95. The van der Waals surface area contributed by atoms with Gasteiger partial charge in [-0.25, -0.2) is 4.98 Å². The van der Waals surface area contributed by atoms with Gasteiger partial charge in [0.2, 0.25) is 0 Å². The predicted molar refractivity (Wildman–Crippen MR) is 85.8 cm³/mol. The second-order valence-electron chi connectivity index (χ2n) is 5.42. The topological polar surface area (TPSA) is 38.9 Å². The number of rotatable bonds is 1. The van der Waals surface area contributed by atoms with E-state index in [1.807, 2.05) is 13.0 Å². The van der Waals surface area contributed by atoms with Crippen LogP contribution in [0.1, 0.15) is 16.7 Å². The number of anilines is 1. The van der Waals surface area contributed by atoms with Gasteiger partial charge < -0.3 is 5.73 Å². The molecule has 0 atom stereocenters. The molecular formula is C18H18N2. The molecule has 2 N–H and O–H groups in total. The van der Waals surface area contributed by atoms with Crippen molar-refractivity contribution < 1.29 is 0 Å². The third kappa shape index (κ3) is 2.14. The molecule has 0 spiro atoms. The SMILES string of the molecule is Cc1ccc2nc(-c3cc(C)c(N)cc3C)ccc2c1. The van der Waals surface area contributed by atoms with Crippen molar-refractivity contribution in [3.63, 3.8) is 0 Å². The number of aromatic nitrogens is 1. The molecule has 0 aliphatic rings. The lowest BCUT2D eigenvalue weighted by atomic mass is 10.00. The largest absolute Gasteiger partial charge is 0.399 e. The van der Waals surface area contributed by atoms with E-state index < -0.39 is 0 Å². The fourth-order valence-electron chi connectivity index (χ4n) is 2.51. The first-order valence-corrected chi connectivity index (χ1v) is 6.79. The van der Waals surface area contributed by atoms with E-state index >= 15 is 0 Å². The minimum absolute atomic E-state index is 0.836. The Morgan fingerprint density at radius 3 is 2.45 bits per heavy atom. The molecule has 3 rings (SSSR count). The fourth-order valence-corrected chi connectivity index (χ4v) is 2.51. The molecule has 0 aliphatic heterocycles. The second kappa shape index (κ2) is 4.64. The molecule has 2 aromatic carbocycles. The molecule has 3 aromatic rings. The van der Waals surface area contributed by atoms with Crippen LogP contribution < -0.4 is 5.73 Å². The summed E-state index contributed by atoms with van der Waals surface area (Å²) in [6.45, 7) is 6.20. The van der Waals surface area contributed by atoms with Gasteiger partial charge in [-0.1, -0.05) is 17.7 Å². The minimum atomic E-state index is 0.836. The van der Waals surface area contributed by atoms with Gasteiger partial charge in [0.05, 0.1) is 11.2 Å². The highest BCUT2D eigenvalue weighted by molar-refractivity contribution is 5.83. The highest BCUT2D eigenvalue weighted by Crippen LogP contribution is 2.28. The highest BCUT2D eigenvalue weighted by atomic mass is 14.7. The highest BCUT2D eigenvalue weighted by Gasteiger charge is 2.07. The first-order valence-electron chi connectivity index (χ1n) is 6.79. The van der Waals surface area contributed by atoms with E-state index in [1.54, 1.807) is 0 Å². The Morgan fingerprint density at radius 1 is 0.850 bits per heavy atom. The number of hydrogen-bond acceptors (Lipinski definition) is 2. The van der Waals surface area contributed by atoms with Crippen LogP contribution in [0.15, 0.2) is 42.5 Å². The van der Waals surface area contributed by atoms with E-state index in [9.17, 15) is 0 Å². The maximum absolute atomic E-state index is 5.95. The van der Waals surface area contributed by atoms with Crippen LogP contribution in [0.4, 0.5) is 5.69 Å². The van der Waals surface area contributed by atoms with Gasteiger partial charge in [0, 0.05) is 16.6 Å². The Morgan fingerprint density at radius 2 is 1.65 bits per heavy atom. The lowest BCUT2D eigenvalue weighted by molar-refractivity contribution is 1.33. The number of aryl methyl sites for hydroxylation is 3. The van der Waals surface area contributed by atoms with Gasteiger partial charge in [-0.05, 0) is 62.2 Å². The number of nitrogens with zero attached hydrogens (tertiary/aromatic N) is 1. The van der Waals surface area contributed by atoms with Crippen LogP contribution in [-0.2, 0) is 0 Å². The molecule has 2 heteroatoms. The third-order valence-corrected chi connectivity index (χ3v) is 3.73. The van der Waals surface area contributed by atoms with Crippen LogP contribution in [0.3, 0.4) is 0 Å². The summed E-state index contributed by atoms with van der Waals surface area (Å²) in [7, 11) is 0. The van der Waals surface area contributed by atoms with Crippen molar-refractivity contribution in [2.24, 2.45) is 0 Å². The Kier molecular flexibility index (Phi) is 2.94. The molecule has 0 bridgehead atoms. The van der Waals surface area contributed by atoms with Crippen LogP contribution in [0.2, 0.25) is 0 Å². The molecule has 0 amide bonds. The van der Waals surface area contributed by atoms with Crippen molar-refractivity contribution in [2.75, 3.05) is 5.73 Å². The Bertz CT molecular complexity index is 804.